The zero-order valence-electron chi connectivity index (χ0n) is 25.5. The van der Waals surface area contributed by atoms with Gasteiger partial charge in [0.05, 0.1) is 43.3 Å². The first-order valence-electron chi connectivity index (χ1n) is 15.3. The Morgan fingerprint density at radius 1 is 1.02 bits per heavy atom. The molecule has 242 valence electrons. The topological polar surface area (TPSA) is 105 Å². The molecule has 1 aliphatic rings. The lowest BCUT2D eigenvalue weighted by Crippen LogP contribution is -2.49. The van der Waals surface area contributed by atoms with E-state index in [1.165, 1.54) is 16.8 Å². The average Bonchev–Trinajstić information content (AvgIpc) is 3.60. The van der Waals surface area contributed by atoms with Gasteiger partial charge in [0.2, 0.25) is 0 Å². The first kappa shape index (κ1) is 31.3. The van der Waals surface area contributed by atoms with E-state index in [9.17, 15) is 18.0 Å². The van der Waals surface area contributed by atoms with Gasteiger partial charge in [-0.15, -0.1) is 0 Å². The fraction of sp³-hybridized carbons (Fsp3) is 0.375. The summed E-state index contributed by atoms with van der Waals surface area (Å²) < 4.78 is 46.9. The van der Waals surface area contributed by atoms with Crippen LogP contribution in [0, 0.1) is 0 Å². The third-order valence-corrected chi connectivity index (χ3v) is 8.07. The summed E-state index contributed by atoms with van der Waals surface area (Å²) in [6.07, 6.45) is 1.47. The van der Waals surface area contributed by atoms with Crippen LogP contribution in [0.4, 0.5) is 35.2 Å². The highest BCUT2D eigenvalue weighted by Crippen LogP contribution is 2.30. The highest BCUT2D eigenvalue weighted by atomic mass is 19.4. The number of fused-ring (bicyclic) bond motifs is 2. The lowest BCUT2D eigenvalue weighted by atomic mass is 10.2. The normalized spacial score (nSPS) is 14.6. The Labute approximate surface area is 263 Å². The molecule has 2 aromatic carbocycles. The average molecular weight is 636 g/mol. The molecule has 2 N–H and O–H groups in total. The van der Waals surface area contributed by atoms with Crippen molar-refractivity contribution in [2.75, 3.05) is 56.5 Å². The summed E-state index contributed by atoms with van der Waals surface area (Å²) in [5, 5.41) is 16.2. The fourth-order valence-corrected chi connectivity index (χ4v) is 5.84. The number of amides is 1. The second-order valence-corrected chi connectivity index (χ2v) is 11.3. The van der Waals surface area contributed by atoms with E-state index >= 15 is 0 Å². The van der Waals surface area contributed by atoms with Crippen molar-refractivity contribution in [1.29, 1.82) is 0 Å². The number of ether oxygens (including phenoxy) is 1. The van der Waals surface area contributed by atoms with Crippen molar-refractivity contribution in [2.45, 2.75) is 32.5 Å². The van der Waals surface area contributed by atoms with Crippen molar-refractivity contribution >= 4 is 39.7 Å². The number of aryl methyl sites for hydroxylation is 1. The lowest BCUT2D eigenvalue weighted by molar-refractivity contribution is -0.149. The number of hydrogen-bond acceptors (Lipinski definition) is 8. The van der Waals surface area contributed by atoms with E-state index in [-0.39, 0.29) is 6.61 Å². The molecule has 0 bridgehead atoms. The molecule has 0 unspecified atom stereocenters. The second-order valence-electron chi connectivity index (χ2n) is 11.3. The maximum Gasteiger partial charge on any atom is 0.411 e. The molecule has 6 rings (SSSR count). The van der Waals surface area contributed by atoms with Crippen LogP contribution in [0.3, 0.4) is 0 Å². The monoisotopic (exact) mass is 635 g/mol. The third kappa shape index (κ3) is 7.57. The molecule has 5 aromatic rings. The molecule has 4 heterocycles. The Balaban J connectivity index is 1.05. The summed E-state index contributed by atoms with van der Waals surface area (Å²) in [6.45, 7) is 4.49. The van der Waals surface area contributed by atoms with Crippen molar-refractivity contribution in [1.82, 2.24) is 34.2 Å². The molecule has 1 aliphatic heterocycles. The molecule has 11 nitrogen and oxygen atoms in total. The number of halogens is 3. The smallest absolute Gasteiger partial charge is 0.411 e. The van der Waals surface area contributed by atoms with Gasteiger partial charge in [-0.05, 0) is 36.6 Å². The minimum Gasteiger partial charge on any atom is -0.449 e. The number of hydrogen-bond donors (Lipinski definition) is 2. The van der Waals surface area contributed by atoms with E-state index in [4.69, 9.17) is 4.74 Å². The van der Waals surface area contributed by atoms with Crippen LogP contribution in [0.1, 0.15) is 24.5 Å². The zero-order valence-corrected chi connectivity index (χ0v) is 25.5. The van der Waals surface area contributed by atoms with Crippen LogP contribution in [0.5, 0.6) is 0 Å². The molecule has 1 amide bonds. The number of carbonyl (C=O) groups excluding carboxylic acids is 1. The van der Waals surface area contributed by atoms with Gasteiger partial charge in [0.15, 0.2) is 5.82 Å². The van der Waals surface area contributed by atoms with Crippen LogP contribution in [0.15, 0.2) is 67.3 Å². The van der Waals surface area contributed by atoms with Gasteiger partial charge in [-0.1, -0.05) is 37.3 Å². The summed E-state index contributed by atoms with van der Waals surface area (Å²) in [6, 6.07) is 16.2. The SMILES string of the molecule is CCc1c(NC(=O)OCCCN2CCN(CC(F)(F)F)CC2)cn2ncnc(Nc3ccc4c(cnn4Cc4ccccc4)c3)c12. The largest absolute Gasteiger partial charge is 0.449 e. The predicted molar refractivity (Wildman–Crippen MR) is 169 cm³/mol. The molecule has 46 heavy (non-hydrogen) atoms. The Morgan fingerprint density at radius 3 is 2.57 bits per heavy atom. The number of rotatable bonds is 11. The summed E-state index contributed by atoms with van der Waals surface area (Å²) in [7, 11) is 0. The van der Waals surface area contributed by atoms with E-state index in [2.05, 4.69) is 42.8 Å². The maximum atomic E-state index is 12.7. The molecule has 1 fully saturated rings. The van der Waals surface area contributed by atoms with Gasteiger partial charge in [-0.25, -0.2) is 14.3 Å². The van der Waals surface area contributed by atoms with E-state index in [0.717, 1.165) is 27.7 Å². The molecule has 0 spiro atoms. The van der Waals surface area contributed by atoms with Crippen molar-refractivity contribution in [2.24, 2.45) is 0 Å². The summed E-state index contributed by atoms with van der Waals surface area (Å²) >= 11 is 0. The third-order valence-electron chi connectivity index (χ3n) is 8.07. The summed E-state index contributed by atoms with van der Waals surface area (Å²) in [4.78, 5) is 20.7. The first-order valence-corrected chi connectivity index (χ1v) is 15.3. The van der Waals surface area contributed by atoms with Crippen LogP contribution >= 0.6 is 0 Å². The Bertz CT molecular complexity index is 1780. The molecule has 1 saturated heterocycles. The van der Waals surface area contributed by atoms with Gasteiger partial charge in [0.1, 0.15) is 11.8 Å². The van der Waals surface area contributed by atoms with Gasteiger partial charge in [0.25, 0.3) is 0 Å². The number of aromatic nitrogens is 5. The zero-order chi connectivity index (χ0) is 32.1. The molecule has 3 aromatic heterocycles. The van der Waals surface area contributed by atoms with E-state index < -0.39 is 18.8 Å². The predicted octanol–water partition coefficient (Wildman–Crippen LogP) is 5.55. The van der Waals surface area contributed by atoms with Gasteiger partial charge in [0, 0.05) is 49.4 Å². The number of piperazine rings is 1. The molecule has 0 aliphatic carbocycles. The number of benzene rings is 2. The lowest BCUT2D eigenvalue weighted by Gasteiger charge is -2.34. The van der Waals surface area contributed by atoms with Crippen molar-refractivity contribution in [3.63, 3.8) is 0 Å². The summed E-state index contributed by atoms with van der Waals surface area (Å²) in [5.74, 6) is 0.597. The fourth-order valence-electron chi connectivity index (χ4n) is 5.84. The van der Waals surface area contributed by atoms with Crippen LogP contribution in [0.25, 0.3) is 16.4 Å². The maximum absolute atomic E-state index is 12.7. The van der Waals surface area contributed by atoms with Crippen molar-refractivity contribution < 1.29 is 22.7 Å². The quantitative estimate of drug-likeness (QED) is 0.182. The van der Waals surface area contributed by atoms with Gasteiger partial charge in [-0.3, -0.25) is 14.9 Å². The van der Waals surface area contributed by atoms with Crippen molar-refractivity contribution in [3.8, 4) is 0 Å². The molecule has 0 saturated carbocycles. The number of nitrogens with one attached hydrogen (secondary N) is 2. The van der Waals surface area contributed by atoms with E-state index in [1.807, 2.05) is 54.2 Å². The van der Waals surface area contributed by atoms with Crippen LogP contribution in [-0.4, -0.2) is 92.3 Å². The summed E-state index contributed by atoms with van der Waals surface area (Å²) in [5.41, 5.74) is 5.21. The second kappa shape index (κ2) is 13.7. The molecule has 0 radical (unpaired) electrons. The van der Waals surface area contributed by atoms with E-state index in [0.29, 0.717) is 63.6 Å². The highest BCUT2D eigenvalue weighted by molar-refractivity contribution is 5.91. The van der Waals surface area contributed by atoms with Crippen LogP contribution in [0.2, 0.25) is 0 Å². The molecular weight excluding hydrogens is 599 g/mol. The van der Waals surface area contributed by atoms with Gasteiger partial charge >= 0.3 is 12.3 Å². The number of carbonyl (C=O) groups is 1. The van der Waals surface area contributed by atoms with Crippen LogP contribution in [-0.2, 0) is 17.7 Å². The Hall–Kier alpha value is -4.69. The van der Waals surface area contributed by atoms with Gasteiger partial charge in [-0.2, -0.15) is 23.4 Å². The highest BCUT2D eigenvalue weighted by Gasteiger charge is 2.32. The molecular formula is C32H36F3N9O2. The molecule has 0 atom stereocenters. The molecule has 14 heteroatoms. The Kier molecular flexibility index (Phi) is 9.35. The number of alkyl halides is 3. The van der Waals surface area contributed by atoms with Crippen molar-refractivity contribution in [3.05, 3.63) is 78.4 Å². The van der Waals surface area contributed by atoms with Crippen LogP contribution < -0.4 is 10.6 Å². The van der Waals surface area contributed by atoms with E-state index in [1.54, 1.807) is 10.7 Å². The Morgan fingerprint density at radius 2 is 1.80 bits per heavy atom. The minimum atomic E-state index is -4.18. The number of anilines is 3. The minimum absolute atomic E-state index is 0.195. The number of nitrogens with zero attached hydrogens (tertiary/aromatic N) is 7. The van der Waals surface area contributed by atoms with Gasteiger partial charge < -0.3 is 15.0 Å². The first-order chi connectivity index (χ1) is 22.3. The standard InChI is InChI=1S/C32H36F3N9O2/c1-2-26-27(40-31(45)46-16-6-11-41-12-14-42(15-13-41)21-32(33,34)35)20-44-29(26)30(36-22-38-44)39-25-9-10-28-24(17-25)18-37-43(28)19-23-7-4-3-5-8-23/h3-5,7-10,17-18,20,22H,2,6,11-16,19,21H2,1H3,(H,40,45)(H,36,38,39).